The number of amides is 1. The Balaban J connectivity index is 2.18. The van der Waals surface area contributed by atoms with Gasteiger partial charge in [-0.1, -0.05) is 12.1 Å². The fourth-order valence-corrected chi connectivity index (χ4v) is 2.63. The van der Waals surface area contributed by atoms with E-state index >= 15 is 0 Å². The number of piperidine rings is 1. The van der Waals surface area contributed by atoms with E-state index in [0.717, 1.165) is 6.07 Å². The molecule has 1 aliphatic rings. The Morgan fingerprint density at radius 2 is 1.68 bits per heavy atom. The van der Waals surface area contributed by atoms with Crippen LogP contribution in [-0.2, 0) is 15.7 Å². The van der Waals surface area contributed by atoms with Crippen LogP contribution in [0.5, 0.6) is 0 Å². The molecule has 1 amide bonds. The number of benzene rings is 1. The number of nitrogens with zero attached hydrogens (tertiary/aromatic N) is 1. The molecule has 0 spiro atoms. The average molecular weight is 317 g/mol. The second-order valence-corrected chi connectivity index (χ2v) is 5.15. The van der Waals surface area contributed by atoms with E-state index in [1.165, 1.54) is 37.3 Å². The Hall–Kier alpha value is -1.60. The van der Waals surface area contributed by atoms with Gasteiger partial charge in [0.25, 0.3) is 5.91 Å². The molecule has 1 aromatic carbocycles. The molecule has 7 heteroatoms. The maximum atomic E-state index is 13.0. The zero-order valence-electron chi connectivity index (χ0n) is 12.4. The second kappa shape index (κ2) is 6.26. The van der Waals surface area contributed by atoms with E-state index in [-0.39, 0.29) is 18.7 Å². The third-order valence-corrected chi connectivity index (χ3v) is 4.02. The summed E-state index contributed by atoms with van der Waals surface area (Å²) in [5, 5.41) is 0. The number of alkyl halides is 3. The summed E-state index contributed by atoms with van der Waals surface area (Å²) in [7, 11) is 3.03. The predicted molar refractivity (Wildman–Crippen MR) is 73.3 cm³/mol. The summed E-state index contributed by atoms with van der Waals surface area (Å²) in [5.74, 6) is -1.38. The van der Waals surface area contributed by atoms with Gasteiger partial charge in [0.2, 0.25) is 0 Å². The van der Waals surface area contributed by atoms with Crippen LogP contribution in [0.1, 0.15) is 28.8 Å². The van der Waals surface area contributed by atoms with Crippen molar-refractivity contribution >= 4 is 5.91 Å². The van der Waals surface area contributed by atoms with Gasteiger partial charge in [-0.3, -0.25) is 4.79 Å². The predicted octanol–water partition coefficient (Wildman–Crippen LogP) is 2.93. The summed E-state index contributed by atoms with van der Waals surface area (Å²) < 4.78 is 49.6. The smallest absolute Gasteiger partial charge is 0.353 e. The third-order valence-electron chi connectivity index (χ3n) is 4.02. The first-order chi connectivity index (χ1) is 10.3. The molecular weight excluding hydrogens is 299 g/mol. The van der Waals surface area contributed by atoms with Gasteiger partial charge >= 0.3 is 6.18 Å². The van der Waals surface area contributed by atoms with Crippen LogP contribution in [0.3, 0.4) is 0 Å². The summed E-state index contributed by atoms with van der Waals surface area (Å²) >= 11 is 0. The first kappa shape index (κ1) is 16.8. The minimum atomic E-state index is -4.55. The van der Waals surface area contributed by atoms with E-state index in [9.17, 15) is 18.0 Å². The number of likely N-dealkylation sites (tertiary alicyclic amines) is 1. The molecule has 1 heterocycles. The van der Waals surface area contributed by atoms with Crippen molar-refractivity contribution in [3.05, 3.63) is 35.4 Å². The highest BCUT2D eigenvalue weighted by molar-refractivity contribution is 5.96. The van der Waals surface area contributed by atoms with Crippen molar-refractivity contribution in [3.8, 4) is 0 Å². The van der Waals surface area contributed by atoms with Crippen LogP contribution >= 0.6 is 0 Å². The van der Waals surface area contributed by atoms with Gasteiger partial charge in [0.05, 0.1) is 11.1 Å². The molecule has 0 unspecified atom stereocenters. The maximum Gasteiger partial charge on any atom is 0.417 e. The lowest BCUT2D eigenvalue weighted by atomic mass is 10.0. The van der Waals surface area contributed by atoms with Gasteiger partial charge in [-0.05, 0) is 12.1 Å². The monoisotopic (exact) mass is 317 g/mol. The quantitative estimate of drug-likeness (QED) is 0.805. The minimum Gasteiger partial charge on any atom is -0.353 e. The van der Waals surface area contributed by atoms with Crippen LogP contribution in [-0.4, -0.2) is 43.9 Å². The fourth-order valence-electron chi connectivity index (χ4n) is 2.63. The highest BCUT2D eigenvalue weighted by Crippen LogP contribution is 2.33. The molecule has 122 valence electrons. The molecule has 0 aromatic heterocycles. The maximum absolute atomic E-state index is 13.0. The summed E-state index contributed by atoms with van der Waals surface area (Å²) in [6.07, 6.45) is -3.72. The fraction of sp³-hybridized carbons (Fsp3) is 0.533. The lowest BCUT2D eigenvalue weighted by Crippen LogP contribution is -2.48. The Labute approximate surface area is 126 Å². The van der Waals surface area contributed by atoms with E-state index in [1.807, 2.05) is 0 Å². The Morgan fingerprint density at radius 1 is 1.14 bits per heavy atom. The molecule has 0 saturated carbocycles. The summed E-state index contributed by atoms with van der Waals surface area (Å²) in [4.78, 5) is 13.8. The molecule has 0 atom stereocenters. The van der Waals surface area contributed by atoms with Crippen molar-refractivity contribution in [1.82, 2.24) is 4.90 Å². The van der Waals surface area contributed by atoms with E-state index < -0.39 is 23.4 Å². The van der Waals surface area contributed by atoms with Gasteiger partial charge in [-0.15, -0.1) is 0 Å². The topological polar surface area (TPSA) is 38.8 Å². The van der Waals surface area contributed by atoms with Crippen LogP contribution in [0.25, 0.3) is 0 Å². The highest BCUT2D eigenvalue weighted by Gasteiger charge is 2.39. The number of hydrogen-bond donors (Lipinski definition) is 0. The first-order valence-electron chi connectivity index (χ1n) is 6.89. The van der Waals surface area contributed by atoms with Gasteiger partial charge < -0.3 is 14.4 Å². The molecular formula is C15H18F3NO3. The second-order valence-electron chi connectivity index (χ2n) is 5.15. The van der Waals surface area contributed by atoms with Gasteiger partial charge in [-0.25, -0.2) is 0 Å². The van der Waals surface area contributed by atoms with Crippen molar-refractivity contribution in [1.29, 1.82) is 0 Å². The molecule has 0 aliphatic carbocycles. The van der Waals surface area contributed by atoms with Crippen molar-refractivity contribution in [2.75, 3.05) is 27.3 Å². The summed E-state index contributed by atoms with van der Waals surface area (Å²) in [6.45, 7) is 0.569. The van der Waals surface area contributed by atoms with Crippen molar-refractivity contribution in [2.24, 2.45) is 0 Å². The zero-order chi connectivity index (χ0) is 16.4. The average Bonchev–Trinajstić information content (AvgIpc) is 2.53. The molecule has 2 rings (SSSR count). The Kier molecular flexibility index (Phi) is 4.77. The SMILES string of the molecule is COC1(OC)CCN(C(=O)c2ccccc2C(F)(F)F)CC1. The Bertz CT molecular complexity index is 531. The molecule has 22 heavy (non-hydrogen) atoms. The number of ether oxygens (including phenoxy) is 2. The van der Waals surface area contributed by atoms with Crippen LogP contribution in [0.2, 0.25) is 0 Å². The molecule has 1 fully saturated rings. The van der Waals surface area contributed by atoms with E-state index in [2.05, 4.69) is 0 Å². The minimum absolute atomic E-state index is 0.284. The first-order valence-corrected chi connectivity index (χ1v) is 6.89. The third kappa shape index (κ3) is 3.25. The molecule has 1 aliphatic heterocycles. The van der Waals surface area contributed by atoms with Crippen molar-refractivity contribution in [3.63, 3.8) is 0 Å². The molecule has 4 nitrogen and oxygen atoms in total. The number of halogens is 3. The summed E-state index contributed by atoms with van der Waals surface area (Å²) in [6, 6.07) is 4.84. The zero-order valence-corrected chi connectivity index (χ0v) is 12.4. The summed E-state index contributed by atoms with van der Waals surface area (Å²) in [5.41, 5.74) is -1.23. The number of rotatable bonds is 3. The van der Waals surface area contributed by atoms with Gasteiger partial charge in [0.15, 0.2) is 5.79 Å². The van der Waals surface area contributed by atoms with Crippen LogP contribution in [0.4, 0.5) is 13.2 Å². The molecule has 0 bridgehead atoms. The number of hydrogen-bond acceptors (Lipinski definition) is 3. The van der Waals surface area contributed by atoms with Crippen LogP contribution in [0, 0.1) is 0 Å². The van der Waals surface area contributed by atoms with Crippen LogP contribution < -0.4 is 0 Å². The van der Waals surface area contributed by atoms with Crippen molar-refractivity contribution in [2.45, 2.75) is 24.8 Å². The van der Waals surface area contributed by atoms with Gasteiger partial charge in [0, 0.05) is 40.2 Å². The normalized spacial score (nSPS) is 18.3. The Morgan fingerprint density at radius 3 is 2.18 bits per heavy atom. The largest absolute Gasteiger partial charge is 0.417 e. The van der Waals surface area contributed by atoms with E-state index in [4.69, 9.17) is 9.47 Å². The lowest BCUT2D eigenvalue weighted by Gasteiger charge is -2.39. The van der Waals surface area contributed by atoms with Crippen LogP contribution in [0.15, 0.2) is 24.3 Å². The molecule has 0 radical (unpaired) electrons. The molecule has 1 saturated heterocycles. The van der Waals surface area contributed by atoms with E-state index in [0.29, 0.717) is 12.8 Å². The van der Waals surface area contributed by atoms with Gasteiger partial charge in [0.1, 0.15) is 0 Å². The van der Waals surface area contributed by atoms with E-state index in [1.54, 1.807) is 0 Å². The van der Waals surface area contributed by atoms with Gasteiger partial charge in [-0.2, -0.15) is 13.2 Å². The highest BCUT2D eigenvalue weighted by atomic mass is 19.4. The standard InChI is InChI=1S/C15H18F3NO3/c1-21-14(22-2)7-9-19(10-8-14)13(20)11-5-3-4-6-12(11)15(16,17)18/h3-6H,7-10H2,1-2H3. The molecule has 0 N–H and O–H groups in total. The molecule has 1 aromatic rings. The number of methoxy groups -OCH3 is 2. The number of carbonyl (C=O) groups excluding carboxylic acids is 1. The lowest BCUT2D eigenvalue weighted by molar-refractivity contribution is -0.226. The number of carbonyl (C=O) groups is 1. The van der Waals surface area contributed by atoms with Crippen molar-refractivity contribution < 1.29 is 27.4 Å².